The molecule has 2 rings (SSSR count). The average Bonchev–Trinajstić information content (AvgIpc) is 2.28. The van der Waals surface area contributed by atoms with Gasteiger partial charge in [0.05, 0.1) is 0 Å². The van der Waals surface area contributed by atoms with Gasteiger partial charge in [0.2, 0.25) is 0 Å². The maximum Gasteiger partial charge on any atom is -0.0109 e. The smallest absolute Gasteiger partial charge is 0.0109 e. The number of aryl methyl sites for hydroxylation is 1. The minimum absolute atomic E-state index is 1.09. The second kappa shape index (κ2) is 4.31. The van der Waals surface area contributed by atoms with Gasteiger partial charge in [-0.15, -0.1) is 0 Å². The Hall–Kier alpha value is -1.56. The number of fused-ring (bicyclic) bond motifs is 1. The Balaban J connectivity index is 2.68. The summed E-state index contributed by atoms with van der Waals surface area (Å²) in [5.41, 5.74) is 2.70. The summed E-state index contributed by atoms with van der Waals surface area (Å²) in [6.07, 6.45) is 5.54. The summed E-state index contributed by atoms with van der Waals surface area (Å²) in [6, 6.07) is 12.9. The Morgan fingerprint density at radius 3 is 2.67 bits per heavy atom. The molecule has 0 N–H and O–H groups in total. The summed E-state index contributed by atoms with van der Waals surface area (Å²) in [5.74, 6) is 0. The highest BCUT2D eigenvalue weighted by molar-refractivity contribution is 5.91. The molecule has 0 aliphatic heterocycles. The standard InChI is InChI=1S/C15H16/c1-3-4-8-14-12(2)10-11-13-7-5-6-9-15(13)14/h4-11H,3H2,1-2H3. The SMILES string of the molecule is CCC=Cc1c(C)ccc2ccccc12. The first-order valence-electron chi connectivity index (χ1n) is 5.48. The lowest BCUT2D eigenvalue weighted by Gasteiger charge is -2.05. The van der Waals surface area contributed by atoms with Crippen molar-refractivity contribution in [2.24, 2.45) is 0 Å². The van der Waals surface area contributed by atoms with Crippen molar-refractivity contribution in [1.82, 2.24) is 0 Å². The molecule has 2 aromatic carbocycles. The van der Waals surface area contributed by atoms with E-state index in [1.165, 1.54) is 21.9 Å². The second-order valence-electron chi connectivity index (χ2n) is 3.83. The zero-order valence-electron chi connectivity index (χ0n) is 9.33. The molecule has 0 saturated carbocycles. The highest BCUT2D eigenvalue weighted by atomic mass is 14.0. The zero-order valence-corrected chi connectivity index (χ0v) is 9.33. The van der Waals surface area contributed by atoms with Crippen LogP contribution in [0, 0.1) is 6.92 Å². The molecule has 0 aliphatic rings. The van der Waals surface area contributed by atoms with E-state index in [0.29, 0.717) is 0 Å². The fraction of sp³-hybridized carbons (Fsp3) is 0.200. The molecule has 0 fully saturated rings. The van der Waals surface area contributed by atoms with E-state index in [1.807, 2.05) is 0 Å². The molecule has 0 atom stereocenters. The third kappa shape index (κ3) is 1.94. The van der Waals surface area contributed by atoms with Gasteiger partial charge in [-0.1, -0.05) is 55.5 Å². The summed E-state index contributed by atoms with van der Waals surface area (Å²) >= 11 is 0. The molecule has 0 aliphatic carbocycles. The van der Waals surface area contributed by atoms with Crippen molar-refractivity contribution in [3.05, 3.63) is 53.6 Å². The Kier molecular flexibility index (Phi) is 2.86. The van der Waals surface area contributed by atoms with E-state index >= 15 is 0 Å². The van der Waals surface area contributed by atoms with Crippen LogP contribution >= 0.6 is 0 Å². The first-order chi connectivity index (χ1) is 7.33. The Morgan fingerprint density at radius 2 is 1.87 bits per heavy atom. The van der Waals surface area contributed by atoms with Gasteiger partial charge in [0.25, 0.3) is 0 Å². The number of hydrogen-bond acceptors (Lipinski definition) is 0. The number of allylic oxidation sites excluding steroid dienone is 1. The average molecular weight is 196 g/mol. The van der Waals surface area contributed by atoms with Crippen LogP contribution in [0.1, 0.15) is 24.5 Å². The van der Waals surface area contributed by atoms with Crippen molar-refractivity contribution in [2.75, 3.05) is 0 Å². The van der Waals surface area contributed by atoms with Crippen molar-refractivity contribution in [3.63, 3.8) is 0 Å². The van der Waals surface area contributed by atoms with E-state index in [4.69, 9.17) is 0 Å². The van der Waals surface area contributed by atoms with Crippen LogP contribution in [-0.4, -0.2) is 0 Å². The van der Waals surface area contributed by atoms with E-state index < -0.39 is 0 Å². The minimum atomic E-state index is 1.09. The van der Waals surface area contributed by atoms with Gasteiger partial charge in [0.1, 0.15) is 0 Å². The third-order valence-electron chi connectivity index (χ3n) is 2.71. The normalized spacial score (nSPS) is 11.3. The highest BCUT2D eigenvalue weighted by Crippen LogP contribution is 2.23. The van der Waals surface area contributed by atoms with Crippen LogP contribution in [0.5, 0.6) is 0 Å². The van der Waals surface area contributed by atoms with E-state index in [1.54, 1.807) is 0 Å². The second-order valence-corrected chi connectivity index (χ2v) is 3.83. The predicted octanol–water partition coefficient (Wildman–Crippen LogP) is 4.57. The summed E-state index contributed by atoms with van der Waals surface area (Å²) < 4.78 is 0. The highest BCUT2D eigenvalue weighted by Gasteiger charge is 2.00. The molecular formula is C15H16. The largest absolute Gasteiger partial charge is 0.0842 e. The lowest BCUT2D eigenvalue weighted by Crippen LogP contribution is -1.83. The quantitative estimate of drug-likeness (QED) is 0.660. The molecule has 0 radical (unpaired) electrons. The van der Waals surface area contributed by atoms with Crippen LogP contribution in [0.4, 0.5) is 0 Å². The fourth-order valence-corrected chi connectivity index (χ4v) is 1.86. The third-order valence-corrected chi connectivity index (χ3v) is 2.71. The van der Waals surface area contributed by atoms with Crippen LogP contribution < -0.4 is 0 Å². The molecule has 0 aromatic heterocycles. The molecular weight excluding hydrogens is 180 g/mol. The molecule has 76 valence electrons. The van der Waals surface area contributed by atoms with Crippen LogP contribution in [-0.2, 0) is 0 Å². The molecule has 2 aromatic rings. The maximum absolute atomic E-state index is 2.23. The molecule has 0 bridgehead atoms. The molecule has 0 unspecified atom stereocenters. The first kappa shape index (κ1) is 9.97. The molecule has 0 heteroatoms. The van der Waals surface area contributed by atoms with Crippen LogP contribution in [0.15, 0.2) is 42.5 Å². The Labute approximate surface area is 91.2 Å². The van der Waals surface area contributed by atoms with E-state index in [0.717, 1.165) is 6.42 Å². The van der Waals surface area contributed by atoms with E-state index in [2.05, 4.69) is 62.4 Å². The van der Waals surface area contributed by atoms with Crippen molar-refractivity contribution in [1.29, 1.82) is 0 Å². The van der Waals surface area contributed by atoms with Gasteiger partial charge in [-0.05, 0) is 35.2 Å². The van der Waals surface area contributed by atoms with Crippen molar-refractivity contribution in [3.8, 4) is 0 Å². The molecule has 0 amide bonds. The molecule has 0 nitrogen and oxygen atoms in total. The van der Waals surface area contributed by atoms with Gasteiger partial charge in [-0.3, -0.25) is 0 Å². The monoisotopic (exact) mass is 196 g/mol. The van der Waals surface area contributed by atoms with Crippen molar-refractivity contribution < 1.29 is 0 Å². The van der Waals surface area contributed by atoms with E-state index in [-0.39, 0.29) is 0 Å². The Bertz CT molecular complexity index is 492. The van der Waals surface area contributed by atoms with Crippen LogP contribution in [0.25, 0.3) is 16.8 Å². The van der Waals surface area contributed by atoms with Crippen LogP contribution in [0.2, 0.25) is 0 Å². The van der Waals surface area contributed by atoms with Gasteiger partial charge in [0.15, 0.2) is 0 Å². The summed E-state index contributed by atoms with van der Waals surface area (Å²) in [4.78, 5) is 0. The van der Waals surface area contributed by atoms with Gasteiger partial charge in [0, 0.05) is 0 Å². The van der Waals surface area contributed by atoms with Gasteiger partial charge in [-0.25, -0.2) is 0 Å². The molecule has 15 heavy (non-hydrogen) atoms. The Morgan fingerprint density at radius 1 is 1.07 bits per heavy atom. The number of hydrogen-bond donors (Lipinski definition) is 0. The lowest BCUT2D eigenvalue weighted by molar-refractivity contribution is 1.23. The van der Waals surface area contributed by atoms with Gasteiger partial charge >= 0.3 is 0 Å². The number of benzene rings is 2. The van der Waals surface area contributed by atoms with Gasteiger partial charge < -0.3 is 0 Å². The predicted molar refractivity (Wildman–Crippen MR) is 68.0 cm³/mol. The van der Waals surface area contributed by atoms with Crippen molar-refractivity contribution in [2.45, 2.75) is 20.3 Å². The minimum Gasteiger partial charge on any atom is -0.0842 e. The topological polar surface area (TPSA) is 0 Å². The molecule has 0 saturated heterocycles. The molecule has 0 heterocycles. The molecule has 0 spiro atoms. The summed E-state index contributed by atoms with van der Waals surface area (Å²) in [6.45, 7) is 4.33. The zero-order chi connectivity index (χ0) is 10.7. The van der Waals surface area contributed by atoms with Crippen LogP contribution in [0.3, 0.4) is 0 Å². The summed E-state index contributed by atoms with van der Waals surface area (Å²) in [5, 5.41) is 2.67. The maximum atomic E-state index is 2.23. The lowest BCUT2D eigenvalue weighted by atomic mass is 9.99. The number of rotatable bonds is 2. The van der Waals surface area contributed by atoms with E-state index in [9.17, 15) is 0 Å². The fourth-order valence-electron chi connectivity index (χ4n) is 1.86. The van der Waals surface area contributed by atoms with Gasteiger partial charge in [-0.2, -0.15) is 0 Å². The summed E-state index contributed by atoms with van der Waals surface area (Å²) in [7, 11) is 0. The van der Waals surface area contributed by atoms with Crippen molar-refractivity contribution >= 4 is 16.8 Å². The first-order valence-corrected chi connectivity index (χ1v) is 5.48.